The lowest BCUT2D eigenvalue weighted by molar-refractivity contribution is -0.116. The van der Waals surface area contributed by atoms with Crippen molar-refractivity contribution >= 4 is 22.5 Å². The molecular weight excluding hydrogens is 242 g/mol. The maximum atomic E-state index is 11.9. The van der Waals surface area contributed by atoms with Crippen LogP contribution < -0.4 is 5.32 Å². The number of nitrogens with one attached hydrogen (secondary N) is 2. The normalized spacial score (nSPS) is 18.8. The number of aromatic nitrogens is 2. The van der Waals surface area contributed by atoms with Crippen molar-refractivity contribution in [3.05, 3.63) is 24.4 Å². The second-order valence-corrected chi connectivity index (χ2v) is 4.86. The number of benzene rings is 1. The van der Waals surface area contributed by atoms with Crippen molar-refractivity contribution in [3.8, 4) is 0 Å². The van der Waals surface area contributed by atoms with Gasteiger partial charge in [-0.25, -0.2) is 0 Å². The Morgan fingerprint density at radius 2 is 2.47 bits per heavy atom. The summed E-state index contributed by atoms with van der Waals surface area (Å²) in [5, 5.41) is 10.8. The number of hydrogen-bond donors (Lipinski definition) is 2. The summed E-state index contributed by atoms with van der Waals surface area (Å²) in [5.41, 5.74) is 1.65. The summed E-state index contributed by atoms with van der Waals surface area (Å²) in [6.07, 6.45) is 5.48. The van der Waals surface area contributed by atoms with Gasteiger partial charge in [0.2, 0.25) is 5.91 Å². The van der Waals surface area contributed by atoms with Gasteiger partial charge >= 0.3 is 0 Å². The molecule has 19 heavy (non-hydrogen) atoms. The third-order valence-electron chi connectivity index (χ3n) is 3.47. The summed E-state index contributed by atoms with van der Waals surface area (Å²) in [7, 11) is 0. The summed E-state index contributed by atoms with van der Waals surface area (Å²) < 4.78 is 5.52. The first-order valence-corrected chi connectivity index (χ1v) is 6.66. The quantitative estimate of drug-likeness (QED) is 0.886. The van der Waals surface area contributed by atoms with E-state index in [0.717, 1.165) is 42.5 Å². The zero-order chi connectivity index (χ0) is 13.1. The molecule has 1 aromatic heterocycles. The smallest absolute Gasteiger partial charge is 0.224 e. The van der Waals surface area contributed by atoms with Crippen molar-refractivity contribution in [1.82, 2.24) is 10.2 Å². The SMILES string of the molecule is O=C(CC[C@H]1CCCO1)Nc1cccc2cn[nH]c12. The molecule has 0 saturated carbocycles. The van der Waals surface area contributed by atoms with Gasteiger partial charge in [0.1, 0.15) is 0 Å². The van der Waals surface area contributed by atoms with E-state index in [1.54, 1.807) is 6.20 Å². The molecule has 0 radical (unpaired) electrons. The van der Waals surface area contributed by atoms with Crippen molar-refractivity contribution in [2.75, 3.05) is 11.9 Å². The first-order chi connectivity index (χ1) is 9.33. The van der Waals surface area contributed by atoms with E-state index in [0.29, 0.717) is 6.42 Å². The molecule has 5 heteroatoms. The molecule has 0 unspecified atom stereocenters. The summed E-state index contributed by atoms with van der Waals surface area (Å²) in [6.45, 7) is 0.833. The van der Waals surface area contributed by atoms with E-state index in [9.17, 15) is 4.79 Å². The molecule has 2 aromatic rings. The van der Waals surface area contributed by atoms with Crippen LogP contribution in [0.15, 0.2) is 24.4 Å². The molecule has 0 aliphatic carbocycles. The Labute approximate surface area is 111 Å². The zero-order valence-corrected chi connectivity index (χ0v) is 10.7. The van der Waals surface area contributed by atoms with Crippen LogP contribution in [-0.2, 0) is 9.53 Å². The fourth-order valence-corrected chi connectivity index (χ4v) is 2.45. The number of carbonyl (C=O) groups is 1. The number of nitrogens with zero attached hydrogens (tertiary/aromatic N) is 1. The zero-order valence-electron chi connectivity index (χ0n) is 10.7. The van der Waals surface area contributed by atoms with Crippen LogP contribution in [0.5, 0.6) is 0 Å². The van der Waals surface area contributed by atoms with Crippen LogP contribution in [0.3, 0.4) is 0 Å². The van der Waals surface area contributed by atoms with Crippen LogP contribution in [0, 0.1) is 0 Å². The van der Waals surface area contributed by atoms with E-state index < -0.39 is 0 Å². The Bertz CT molecular complexity index is 573. The lowest BCUT2D eigenvalue weighted by atomic mass is 10.1. The van der Waals surface area contributed by atoms with E-state index in [2.05, 4.69) is 15.5 Å². The van der Waals surface area contributed by atoms with Crippen molar-refractivity contribution in [1.29, 1.82) is 0 Å². The van der Waals surface area contributed by atoms with E-state index in [1.165, 1.54) is 0 Å². The number of para-hydroxylation sites is 1. The highest BCUT2D eigenvalue weighted by Gasteiger charge is 2.17. The number of amides is 1. The van der Waals surface area contributed by atoms with Crippen LogP contribution in [-0.4, -0.2) is 28.8 Å². The molecule has 1 atom stereocenters. The van der Waals surface area contributed by atoms with Gasteiger partial charge in [-0.15, -0.1) is 0 Å². The van der Waals surface area contributed by atoms with Crippen LogP contribution in [0.1, 0.15) is 25.7 Å². The molecule has 1 fully saturated rings. The Hall–Kier alpha value is -1.88. The summed E-state index contributed by atoms with van der Waals surface area (Å²) in [4.78, 5) is 11.9. The average molecular weight is 259 g/mol. The summed E-state index contributed by atoms with van der Waals surface area (Å²) in [5.74, 6) is 0.0256. The highest BCUT2D eigenvalue weighted by atomic mass is 16.5. The van der Waals surface area contributed by atoms with Crippen molar-refractivity contribution in [2.24, 2.45) is 0 Å². The van der Waals surface area contributed by atoms with Crippen molar-refractivity contribution < 1.29 is 9.53 Å². The van der Waals surface area contributed by atoms with Gasteiger partial charge in [-0.2, -0.15) is 5.10 Å². The third-order valence-corrected chi connectivity index (χ3v) is 3.47. The van der Waals surface area contributed by atoms with Gasteiger partial charge in [-0.3, -0.25) is 9.89 Å². The summed E-state index contributed by atoms with van der Waals surface area (Å²) >= 11 is 0. The standard InChI is InChI=1S/C14H17N3O2/c18-13(7-6-11-4-2-8-19-11)16-12-5-1-3-10-9-15-17-14(10)12/h1,3,5,9,11H,2,4,6-8H2,(H,15,17)(H,16,18)/t11-/m1/s1. The van der Waals surface area contributed by atoms with Gasteiger partial charge < -0.3 is 10.1 Å². The molecule has 2 heterocycles. The van der Waals surface area contributed by atoms with Gasteiger partial charge in [0, 0.05) is 18.4 Å². The van der Waals surface area contributed by atoms with Crippen LogP contribution in [0.4, 0.5) is 5.69 Å². The van der Waals surface area contributed by atoms with Gasteiger partial charge in [-0.05, 0) is 25.3 Å². The Morgan fingerprint density at radius 3 is 3.32 bits per heavy atom. The number of ether oxygens (including phenoxy) is 1. The van der Waals surface area contributed by atoms with E-state index in [-0.39, 0.29) is 12.0 Å². The molecule has 100 valence electrons. The molecule has 1 aromatic carbocycles. The minimum atomic E-state index is 0.0256. The largest absolute Gasteiger partial charge is 0.378 e. The van der Waals surface area contributed by atoms with E-state index in [4.69, 9.17) is 4.74 Å². The monoisotopic (exact) mass is 259 g/mol. The number of hydrogen-bond acceptors (Lipinski definition) is 3. The molecule has 1 aliphatic heterocycles. The van der Waals surface area contributed by atoms with Gasteiger partial charge in [0.25, 0.3) is 0 Å². The van der Waals surface area contributed by atoms with Crippen LogP contribution in [0.2, 0.25) is 0 Å². The lowest BCUT2D eigenvalue weighted by Crippen LogP contribution is -2.15. The van der Waals surface area contributed by atoms with Gasteiger partial charge in [0.15, 0.2) is 0 Å². The fourth-order valence-electron chi connectivity index (χ4n) is 2.45. The molecule has 1 aliphatic rings. The summed E-state index contributed by atoms with van der Waals surface area (Å²) in [6, 6.07) is 5.75. The Balaban J connectivity index is 1.60. The minimum absolute atomic E-state index is 0.0256. The number of aromatic amines is 1. The highest BCUT2D eigenvalue weighted by molar-refractivity contribution is 6.00. The number of H-pyrrole nitrogens is 1. The molecule has 2 N–H and O–H groups in total. The van der Waals surface area contributed by atoms with Crippen molar-refractivity contribution in [2.45, 2.75) is 31.8 Å². The molecule has 0 bridgehead atoms. The first kappa shape index (κ1) is 12.2. The number of anilines is 1. The molecule has 3 rings (SSSR count). The van der Waals surface area contributed by atoms with E-state index in [1.807, 2.05) is 18.2 Å². The molecular formula is C14H17N3O2. The van der Waals surface area contributed by atoms with Crippen molar-refractivity contribution in [3.63, 3.8) is 0 Å². The first-order valence-electron chi connectivity index (χ1n) is 6.66. The van der Waals surface area contributed by atoms with Gasteiger partial charge in [0.05, 0.1) is 23.5 Å². The Kier molecular flexibility index (Phi) is 3.46. The predicted octanol–water partition coefficient (Wildman–Crippen LogP) is 2.46. The van der Waals surface area contributed by atoms with Crippen LogP contribution >= 0.6 is 0 Å². The highest BCUT2D eigenvalue weighted by Crippen LogP contribution is 2.21. The average Bonchev–Trinajstić information content (AvgIpc) is 3.08. The topological polar surface area (TPSA) is 67.0 Å². The second kappa shape index (κ2) is 5.40. The molecule has 1 amide bonds. The third kappa shape index (κ3) is 2.76. The van der Waals surface area contributed by atoms with E-state index >= 15 is 0 Å². The minimum Gasteiger partial charge on any atom is -0.378 e. The second-order valence-electron chi connectivity index (χ2n) is 4.86. The number of rotatable bonds is 4. The van der Waals surface area contributed by atoms with Gasteiger partial charge in [-0.1, -0.05) is 12.1 Å². The number of carbonyl (C=O) groups excluding carboxylic acids is 1. The molecule has 1 saturated heterocycles. The predicted molar refractivity (Wildman–Crippen MR) is 72.9 cm³/mol. The maximum absolute atomic E-state index is 11.9. The number of fused-ring (bicyclic) bond motifs is 1. The molecule has 5 nitrogen and oxygen atoms in total. The lowest BCUT2D eigenvalue weighted by Gasteiger charge is -2.09. The maximum Gasteiger partial charge on any atom is 0.224 e. The van der Waals surface area contributed by atoms with Crippen LogP contribution in [0.25, 0.3) is 10.9 Å². The fraction of sp³-hybridized carbons (Fsp3) is 0.429. The Morgan fingerprint density at radius 1 is 1.53 bits per heavy atom. The molecule has 0 spiro atoms.